The van der Waals surface area contributed by atoms with E-state index in [0.29, 0.717) is 24.9 Å². The van der Waals surface area contributed by atoms with E-state index in [1.807, 2.05) is 48.5 Å². The third kappa shape index (κ3) is 5.08. The third-order valence-corrected chi connectivity index (χ3v) is 9.48. The minimum Gasteiger partial charge on any atom is -0.399 e. The summed E-state index contributed by atoms with van der Waals surface area (Å²) < 4.78 is 85.7. The second-order valence-corrected chi connectivity index (χ2v) is 14.3. The molecule has 0 amide bonds. The third-order valence-electron chi connectivity index (χ3n) is 7.55. The van der Waals surface area contributed by atoms with Crippen molar-refractivity contribution >= 4 is 33.5 Å². The highest BCUT2D eigenvalue weighted by molar-refractivity contribution is 7.90. The zero-order valence-corrected chi connectivity index (χ0v) is 22.8. The Balaban J connectivity index is 1.83. The van der Waals surface area contributed by atoms with E-state index in [-0.39, 0.29) is 21.8 Å². The van der Waals surface area contributed by atoms with Gasteiger partial charge in [0.2, 0.25) is 10.0 Å². The minimum absolute atomic E-state index is 0.0477. The van der Waals surface area contributed by atoms with E-state index in [4.69, 9.17) is 9.31 Å². The molecule has 1 N–H and O–H groups in total. The van der Waals surface area contributed by atoms with Crippen LogP contribution < -0.4 is 10.2 Å². The van der Waals surface area contributed by atoms with Crippen molar-refractivity contribution in [2.75, 3.05) is 0 Å². The Morgan fingerprint density at radius 3 is 2.19 bits per heavy atom. The Hall–Kier alpha value is -1.56. The van der Waals surface area contributed by atoms with Crippen molar-refractivity contribution < 1.29 is 30.9 Å². The van der Waals surface area contributed by atoms with Crippen LogP contribution in [0.3, 0.4) is 0 Å². The molecule has 200 valence electrons. The lowest BCUT2D eigenvalue weighted by Crippen LogP contribution is -2.42. The van der Waals surface area contributed by atoms with Gasteiger partial charge in [-0.1, -0.05) is 27.2 Å². The molecule has 1 saturated heterocycles. The number of rotatable bonds is 7. The summed E-state index contributed by atoms with van der Waals surface area (Å²) in [6.07, 6.45) is 0.151. The van der Waals surface area contributed by atoms with Gasteiger partial charge in [0.15, 0.2) is 0 Å². The van der Waals surface area contributed by atoms with E-state index in [0.717, 1.165) is 6.42 Å². The molecule has 1 aromatic carbocycles. The smallest absolute Gasteiger partial charge is 0.399 e. The van der Waals surface area contributed by atoms with Crippen LogP contribution in [-0.2, 0) is 25.9 Å². The van der Waals surface area contributed by atoms with E-state index < -0.39 is 51.9 Å². The maximum Gasteiger partial charge on any atom is 0.497 e. The average Bonchev–Trinajstić information content (AvgIpc) is 3.08. The molecule has 1 aliphatic carbocycles. The van der Waals surface area contributed by atoms with E-state index in [2.05, 4.69) is 4.72 Å². The van der Waals surface area contributed by atoms with Gasteiger partial charge in [0, 0.05) is 34.7 Å². The normalized spacial score (nSPS) is 21.4. The van der Waals surface area contributed by atoms with E-state index in [1.54, 1.807) is 10.6 Å². The van der Waals surface area contributed by atoms with Gasteiger partial charge in [-0.25, -0.2) is 26.3 Å². The summed E-state index contributed by atoms with van der Waals surface area (Å²) in [7, 11) is -4.91. The SMILES string of the molecule is CC(C)(C)Cn1cc([C@H](NS(=O)(=O)C2CCC2)C(F)F)c2cc(F)c(B3OC(C)(C)C(C)(C)O3)cc21. The van der Waals surface area contributed by atoms with Crippen LogP contribution in [0.15, 0.2) is 18.3 Å². The van der Waals surface area contributed by atoms with E-state index >= 15 is 4.39 Å². The van der Waals surface area contributed by atoms with Gasteiger partial charge in [0.1, 0.15) is 11.9 Å². The molecule has 2 aromatic rings. The second kappa shape index (κ2) is 9.03. The topological polar surface area (TPSA) is 69.6 Å². The summed E-state index contributed by atoms with van der Waals surface area (Å²) in [5, 5.41) is -0.438. The molecule has 2 aliphatic rings. The average molecular weight is 528 g/mol. The molecule has 0 unspecified atom stereocenters. The summed E-state index contributed by atoms with van der Waals surface area (Å²) in [6, 6.07) is 0.976. The van der Waals surface area contributed by atoms with Gasteiger partial charge in [-0.2, -0.15) is 0 Å². The first kappa shape index (κ1) is 27.5. The van der Waals surface area contributed by atoms with Crippen LogP contribution in [0.5, 0.6) is 0 Å². The molecule has 1 saturated carbocycles. The van der Waals surface area contributed by atoms with Crippen LogP contribution in [0.25, 0.3) is 10.9 Å². The zero-order valence-electron chi connectivity index (χ0n) is 22.0. The second-order valence-electron chi connectivity index (χ2n) is 12.3. The largest absolute Gasteiger partial charge is 0.497 e. The zero-order chi connectivity index (χ0) is 26.8. The maximum absolute atomic E-state index is 15.5. The molecule has 0 radical (unpaired) electrons. The number of sulfonamides is 1. The number of nitrogens with one attached hydrogen (secondary N) is 1. The molecule has 6 nitrogen and oxygen atoms in total. The number of alkyl halides is 2. The summed E-state index contributed by atoms with van der Waals surface area (Å²) in [5.74, 6) is -0.661. The van der Waals surface area contributed by atoms with Crippen LogP contribution in [0.2, 0.25) is 0 Å². The quantitative estimate of drug-likeness (QED) is 0.519. The minimum atomic E-state index is -3.94. The summed E-state index contributed by atoms with van der Waals surface area (Å²) in [4.78, 5) is 0. The molecule has 2 fully saturated rings. The molecule has 2 heterocycles. The van der Waals surface area contributed by atoms with Gasteiger partial charge in [0.25, 0.3) is 6.43 Å². The predicted octanol–water partition coefficient (Wildman–Crippen LogP) is 4.90. The van der Waals surface area contributed by atoms with Crippen molar-refractivity contribution in [3.63, 3.8) is 0 Å². The van der Waals surface area contributed by atoms with Crippen molar-refractivity contribution in [1.29, 1.82) is 0 Å². The van der Waals surface area contributed by atoms with Gasteiger partial charge in [-0.15, -0.1) is 0 Å². The highest BCUT2D eigenvalue weighted by atomic mass is 32.2. The monoisotopic (exact) mass is 528 g/mol. The molecule has 1 atom stereocenters. The van der Waals surface area contributed by atoms with E-state index in [9.17, 15) is 17.2 Å². The lowest BCUT2D eigenvalue weighted by atomic mass is 9.78. The standard InChI is InChI=1S/C25H36BF3N2O4S/c1-23(2,3)14-31-13-17(21(22(28)29)30-36(32,33)15-9-8-10-15)16-11-19(27)18(12-20(16)31)26-34-24(4,5)25(6,7)35-26/h11-13,15,21-22,30H,8-10,14H2,1-7H3/t21-/m0/s1. The van der Waals surface area contributed by atoms with Crippen LogP contribution in [0, 0.1) is 11.2 Å². The molecule has 1 aromatic heterocycles. The van der Waals surface area contributed by atoms with Crippen LogP contribution in [-0.4, -0.2) is 43.0 Å². The first-order valence-corrected chi connectivity index (χ1v) is 13.9. The Kier molecular flexibility index (Phi) is 6.89. The van der Waals surface area contributed by atoms with Crippen LogP contribution >= 0.6 is 0 Å². The number of benzene rings is 1. The van der Waals surface area contributed by atoms with Crippen LogP contribution in [0.4, 0.5) is 13.2 Å². The van der Waals surface area contributed by atoms with Gasteiger partial charge in [0.05, 0.1) is 16.5 Å². The van der Waals surface area contributed by atoms with Gasteiger partial charge < -0.3 is 13.9 Å². The summed E-state index contributed by atoms with van der Waals surface area (Å²) >= 11 is 0. The lowest BCUT2D eigenvalue weighted by molar-refractivity contribution is 0.00578. The summed E-state index contributed by atoms with van der Waals surface area (Å²) in [6.45, 7) is 13.9. The molecule has 0 spiro atoms. The predicted molar refractivity (Wildman–Crippen MR) is 136 cm³/mol. The number of halogens is 3. The molecule has 4 rings (SSSR count). The van der Waals surface area contributed by atoms with Gasteiger partial charge >= 0.3 is 7.12 Å². The lowest BCUT2D eigenvalue weighted by Gasteiger charge is -2.32. The maximum atomic E-state index is 15.5. The molecule has 0 bridgehead atoms. The molecular weight excluding hydrogens is 492 g/mol. The molecular formula is C25H36BF3N2O4S. The Labute approximate surface area is 212 Å². The van der Waals surface area contributed by atoms with Crippen molar-refractivity contribution in [2.45, 2.75) is 103 Å². The number of nitrogens with zero attached hydrogens (tertiary/aromatic N) is 1. The molecule has 36 heavy (non-hydrogen) atoms. The fourth-order valence-corrected chi connectivity index (χ4v) is 6.33. The first-order valence-electron chi connectivity index (χ1n) is 12.4. The molecule has 1 aliphatic heterocycles. The number of aromatic nitrogens is 1. The number of fused-ring (bicyclic) bond motifs is 1. The van der Waals surface area contributed by atoms with Crippen molar-refractivity contribution in [2.24, 2.45) is 5.41 Å². The van der Waals surface area contributed by atoms with E-state index in [1.165, 1.54) is 12.3 Å². The Morgan fingerprint density at radius 2 is 1.72 bits per heavy atom. The first-order chi connectivity index (χ1) is 16.4. The van der Waals surface area contributed by atoms with Crippen molar-refractivity contribution in [3.05, 3.63) is 29.7 Å². The van der Waals surface area contributed by atoms with Crippen molar-refractivity contribution in [1.82, 2.24) is 9.29 Å². The fraction of sp³-hybridized carbons (Fsp3) is 0.680. The Morgan fingerprint density at radius 1 is 1.14 bits per heavy atom. The van der Waals surface area contributed by atoms with Crippen LogP contribution in [0.1, 0.15) is 79.3 Å². The van der Waals surface area contributed by atoms with Gasteiger partial charge in [-0.05, 0) is 58.1 Å². The highest BCUT2D eigenvalue weighted by Gasteiger charge is 2.52. The highest BCUT2D eigenvalue weighted by Crippen LogP contribution is 2.38. The van der Waals surface area contributed by atoms with Gasteiger partial charge in [-0.3, -0.25) is 0 Å². The molecule has 11 heteroatoms. The summed E-state index contributed by atoms with van der Waals surface area (Å²) in [5.41, 5.74) is -0.861. The fourth-order valence-electron chi connectivity index (χ4n) is 4.60. The number of hydrogen-bond donors (Lipinski definition) is 1. The Bertz CT molecular complexity index is 1230. The van der Waals surface area contributed by atoms with Crippen molar-refractivity contribution in [3.8, 4) is 0 Å². The number of hydrogen-bond acceptors (Lipinski definition) is 4.